The fourth-order valence-corrected chi connectivity index (χ4v) is 2.93. The van der Waals surface area contributed by atoms with Gasteiger partial charge in [-0.2, -0.15) is 0 Å². The van der Waals surface area contributed by atoms with Crippen molar-refractivity contribution in [2.45, 2.75) is 78.1 Å². The predicted molar refractivity (Wildman–Crippen MR) is 123 cm³/mol. The zero-order valence-electron chi connectivity index (χ0n) is 18.7. The van der Waals surface area contributed by atoms with E-state index < -0.39 is 11.9 Å². The Morgan fingerprint density at radius 1 is 0.667 bits per heavy atom. The Kier molecular flexibility index (Phi) is 15.0. The van der Waals surface area contributed by atoms with Crippen LogP contribution in [0.15, 0.2) is 48.6 Å². The lowest BCUT2D eigenvalue weighted by Crippen LogP contribution is -2.14. The third-order valence-electron chi connectivity index (χ3n) is 4.68. The van der Waals surface area contributed by atoms with E-state index in [-0.39, 0.29) is 11.1 Å². The van der Waals surface area contributed by atoms with E-state index in [4.69, 9.17) is 9.47 Å². The van der Waals surface area contributed by atoms with Gasteiger partial charge in [-0.3, -0.25) is 0 Å². The average molecular weight is 415 g/mol. The maximum absolute atomic E-state index is 12.4. The summed E-state index contributed by atoms with van der Waals surface area (Å²) >= 11 is 0. The molecule has 0 bridgehead atoms. The van der Waals surface area contributed by atoms with Crippen LogP contribution in [0.5, 0.6) is 0 Å². The summed E-state index contributed by atoms with van der Waals surface area (Å²) in [6.45, 7) is 4.97. The minimum atomic E-state index is -0.488. The second-order valence-corrected chi connectivity index (χ2v) is 7.33. The fourth-order valence-electron chi connectivity index (χ4n) is 2.93. The molecule has 0 spiro atoms. The van der Waals surface area contributed by atoms with Gasteiger partial charge >= 0.3 is 11.9 Å². The highest BCUT2D eigenvalue weighted by molar-refractivity contribution is 6.03. The van der Waals surface area contributed by atoms with E-state index in [0.717, 1.165) is 12.8 Å². The Labute approximate surface area is 182 Å². The molecule has 1 rings (SSSR count). The second-order valence-electron chi connectivity index (χ2n) is 7.33. The normalized spacial score (nSPS) is 11.3. The first kappa shape index (κ1) is 25.7. The number of ether oxygens (including phenoxy) is 2. The van der Waals surface area contributed by atoms with Crippen molar-refractivity contribution in [2.75, 3.05) is 13.2 Å². The van der Waals surface area contributed by atoms with E-state index in [9.17, 15) is 9.59 Å². The van der Waals surface area contributed by atoms with Gasteiger partial charge in [-0.1, -0.05) is 76.0 Å². The van der Waals surface area contributed by atoms with E-state index >= 15 is 0 Å². The maximum Gasteiger partial charge on any atom is 0.339 e. The minimum Gasteiger partial charge on any atom is -0.462 e. The number of hydrogen-bond acceptors (Lipinski definition) is 4. The van der Waals surface area contributed by atoms with Crippen LogP contribution >= 0.6 is 0 Å². The number of rotatable bonds is 16. The third-order valence-corrected chi connectivity index (χ3v) is 4.68. The van der Waals surface area contributed by atoms with E-state index in [1.807, 2.05) is 12.2 Å². The minimum absolute atomic E-state index is 0.254. The molecule has 0 fully saturated rings. The Balaban J connectivity index is 2.39. The molecule has 30 heavy (non-hydrogen) atoms. The standard InChI is InChI=1S/C26H38O4/c1-3-5-7-9-11-13-17-21-29-25(27)23-19-15-16-20-24(23)26(28)30-22-18-14-12-10-8-6-4-2/h11-16,19-20H,3-10,17-18,21-22H2,1-2H3/b13-11-,14-12-. The zero-order chi connectivity index (χ0) is 21.9. The summed E-state index contributed by atoms with van der Waals surface area (Å²) in [5.41, 5.74) is 0.508. The first-order valence-corrected chi connectivity index (χ1v) is 11.4. The molecule has 1 aromatic rings. The van der Waals surface area contributed by atoms with Crippen molar-refractivity contribution < 1.29 is 19.1 Å². The van der Waals surface area contributed by atoms with Crippen LogP contribution in [0, 0.1) is 0 Å². The summed E-state index contributed by atoms with van der Waals surface area (Å²) in [5, 5.41) is 0. The highest BCUT2D eigenvalue weighted by Gasteiger charge is 2.18. The highest BCUT2D eigenvalue weighted by atomic mass is 16.5. The molecule has 1 aromatic carbocycles. The van der Waals surface area contributed by atoms with Gasteiger partial charge in [-0.05, 0) is 50.7 Å². The molecule has 0 aliphatic rings. The number of allylic oxidation sites excluding steroid dienone is 2. The Morgan fingerprint density at radius 2 is 1.07 bits per heavy atom. The first-order valence-electron chi connectivity index (χ1n) is 11.4. The van der Waals surface area contributed by atoms with Crippen molar-refractivity contribution in [3.05, 3.63) is 59.7 Å². The maximum atomic E-state index is 12.4. The van der Waals surface area contributed by atoms with E-state index in [0.29, 0.717) is 26.1 Å². The van der Waals surface area contributed by atoms with Crippen LogP contribution in [0.1, 0.15) is 98.8 Å². The monoisotopic (exact) mass is 414 g/mol. The molecule has 0 saturated carbocycles. The van der Waals surface area contributed by atoms with E-state index in [2.05, 4.69) is 26.0 Å². The third kappa shape index (κ3) is 11.6. The summed E-state index contributed by atoms with van der Waals surface area (Å²) in [7, 11) is 0. The Bertz CT molecular complexity index is 604. The molecular weight excluding hydrogens is 376 g/mol. The van der Waals surface area contributed by atoms with Crippen molar-refractivity contribution in [3.63, 3.8) is 0 Å². The van der Waals surface area contributed by atoms with E-state index in [1.54, 1.807) is 24.3 Å². The number of unbranched alkanes of at least 4 members (excludes halogenated alkanes) is 6. The summed E-state index contributed by atoms with van der Waals surface area (Å²) in [5.74, 6) is -0.976. The molecule has 4 nitrogen and oxygen atoms in total. The molecule has 0 aliphatic heterocycles. The van der Waals surface area contributed by atoms with Crippen LogP contribution in [0.25, 0.3) is 0 Å². The quantitative estimate of drug-likeness (QED) is 0.165. The molecular formula is C26H38O4. The van der Waals surface area contributed by atoms with Gasteiger partial charge in [0, 0.05) is 0 Å². The lowest BCUT2D eigenvalue weighted by molar-refractivity contribution is 0.0464. The molecule has 0 saturated heterocycles. The molecule has 0 heterocycles. The number of carbonyl (C=O) groups excluding carboxylic acids is 2. The molecule has 0 aromatic heterocycles. The molecule has 0 amide bonds. The van der Waals surface area contributed by atoms with Crippen LogP contribution in [-0.2, 0) is 9.47 Å². The van der Waals surface area contributed by atoms with Gasteiger partial charge in [0.1, 0.15) is 0 Å². The summed E-state index contributed by atoms with van der Waals surface area (Å²) in [6, 6.07) is 6.65. The molecule has 0 N–H and O–H groups in total. The summed E-state index contributed by atoms with van der Waals surface area (Å²) in [4.78, 5) is 24.8. The van der Waals surface area contributed by atoms with Crippen molar-refractivity contribution in [3.8, 4) is 0 Å². The molecule has 4 heteroatoms. The molecule has 0 radical (unpaired) electrons. The van der Waals surface area contributed by atoms with Crippen molar-refractivity contribution in [1.29, 1.82) is 0 Å². The largest absolute Gasteiger partial charge is 0.462 e. The number of carbonyl (C=O) groups is 2. The topological polar surface area (TPSA) is 52.6 Å². The van der Waals surface area contributed by atoms with Crippen LogP contribution in [0.2, 0.25) is 0 Å². The summed E-state index contributed by atoms with van der Waals surface area (Å²) in [6.07, 6.45) is 19.1. The number of hydrogen-bond donors (Lipinski definition) is 0. The molecule has 0 aliphatic carbocycles. The SMILES string of the molecule is CCCCC/C=C\CCOC(=O)c1ccccc1C(=O)OCC/C=C\CCCCC. The van der Waals surface area contributed by atoms with Crippen molar-refractivity contribution in [2.24, 2.45) is 0 Å². The highest BCUT2D eigenvalue weighted by Crippen LogP contribution is 2.13. The van der Waals surface area contributed by atoms with Gasteiger partial charge in [-0.15, -0.1) is 0 Å². The fraction of sp³-hybridized carbons (Fsp3) is 0.538. The lowest BCUT2D eigenvalue weighted by Gasteiger charge is -2.09. The molecule has 166 valence electrons. The van der Waals surface area contributed by atoms with Gasteiger partial charge in [-0.25, -0.2) is 9.59 Å². The van der Waals surface area contributed by atoms with Gasteiger partial charge < -0.3 is 9.47 Å². The number of benzene rings is 1. The molecule has 0 atom stereocenters. The van der Waals surface area contributed by atoms with Crippen LogP contribution in [0.3, 0.4) is 0 Å². The van der Waals surface area contributed by atoms with E-state index in [1.165, 1.54) is 38.5 Å². The van der Waals surface area contributed by atoms with Crippen molar-refractivity contribution in [1.82, 2.24) is 0 Å². The van der Waals surface area contributed by atoms with Crippen molar-refractivity contribution >= 4 is 11.9 Å². The Morgan fingerprint density at radius 3 is 1.47 bits per heavy atom. The Hall–Kier alpha value is -2.36. The summed E-state index contributed by atoms with van der Waals surface area (Å²) < 4.78 is 10.7. The lowest BCUT2D eigenvalue weighted by atomic mass is 10.1. The van der Waals surface area contributed by atoms with Crippen LogP contribution < -0.4 is 0 Å². The smallest absolute Gasteiger partial charge is 0.339 e. The first-order chi connectivity index (χ1) is 14.7. The van der Waals surface area contributed by atoms with Crippen LogP contribution in [-0.4, -0.2) is 25.2 Å². The zero-order valence-corrected chi connectivity index (χ0v) is 18.7. The van der Waals surface area contributed by atoms with Gasteiger partial charge in [0.2, 0.25) is 0 Å². The average Bonchev–Trinajstić information content (AvgIpc) is 2.77. The van der Waals surface area contributed by atoms with Gasteiger partial charge in [0.15, 0.2) is 0 Å². The van der Waals surface area contributed by atoms with Gasteiger partial charge in [0.05, 0.1) is 24.3 Å². The second kappa shape index (κ2) is 17.5. The van der Waals surface area contributed by atoms with Crippen LogP contribution in [0.4, 0.5) is 0 Å². The predicted octanol–water partition coefficient (Wildman–Crippen LogP) is 7.05. The van der Waals surface area contributed by atoms with Gasteiger partial charge in [0.25, 0.3) is 0 Å². The molecule has 0 unspecified atom stereocenters. The number of esters is 2.